The summed E-state index contributed by atoms with van der Waals surface area (Å²) in [5, 5.41) is 3.87. The molecule has 14 heavy (non-hydrogen) atoms. The molecule has 0 aliphatic rings. The van der Waals surface area contributed by atoms with Crippen molar-refractivity contribution >= 4 is 11.8 Å². The van der Waals surface area contributed by atoms with Crippen molar-refractivity contribution < 1.29 is 0 Å². The fourth-order valence-corrected chi connectivity index (χ4v) is 2.02. The lowest BCUT2D eigenvalue weighted by Crippen LogP contribution is -2.22. The summed E-state index contributed by atoms with van der Waals surface area (Å²) in [6.45, 7) is 7.75. The molecular formula is C11H16N2S. The van der Waals surface area contributed by atoms with Crippen LogP contribution in [0, 0.1) is 0 Å². The van der Waals surface area contributed by atoms with Gasteiger partial charge in [-0.1, -0.05) is 13.0 Å². The van der Waals surface area contributed by atoms with E-state index in [0.29, 0.717) is 5.25 Å². The summed E-state index contributed by atoms with van der Waals surface area (Å²) in [6.07, 6.45) is 5.53. The molecule has 0 aliphatic heterocycles. The first-order valence-corrected chi connectivity index (χ1v) is 5.59. The van der Waals surface area contributed by atoms with E-state index in [-0.39, 0.29) is 0 Å². The van der Waals surface area contributed by atoms with Crippen LogP contribution in [-0.2, 0) is 0 Å². The Balaban J connectivity index is 2.26. The standard InChI is InChI=1S/C11H16N2S/c1-3-6-13-9-10(2)14-11-4-7-12-8-5-11/h3-5,7-8,10,13H,1,6,9H2,2H3. The first-order valence-electron chi connectivity index (χ1n) is 4.71. The van der Waals surface area contributed by atoms with Crippen LogP contribution in [0.25, 0.3) is 0 Å². The Hall–Kier alpha value is -0.800. The van der Waals surface area contributed by atoms with E-state index < -0.39 is 0 Å². The summed E-state index contributed by atoms with van der Waals surface area (Å²) in [7, 11) is 0. The number of nitrogens with one attached hydrogen (secondary N) is 1. The predicted octanol–water partition coefficient (Wildman–Crippen LogP) is 2.34. The molecule has 0 saturated heterocycles. The third-order valence-corrected chi connectivity index (χ3v) is 2.82. The average molecular weight is 208 g/mol. The topological polar surface area (TPSA) is 24.9 Å². The molecule has 1 unspecified atom stereocenters. The number of hydrogen-bond acceptors (Lipinski definition) is 3. The van der Waals surface area contributed by atoms with Crippen molar-refractivity contribution in [1.29, 1.82) is 0 Å². The van der Waals surface area contributed by atoms with Crippen molar-refractivity contribution in [1.82, 2.24) is 10.3 Å². The third-order valence-electron chi connectivity index (χ3n) is 1.71. The maximum Gasteiger partial charge on any atom is 0.0278 e. The number of thioether (sulfide) groups is 1. The maximum atomic E-state index is 3.99. The number of nitrogens with zero attached hydrogens (tertiary/aromatic N) is 1. The monoisotopic (exact) mass is 208 g/mol. The molecule has 0 amide bonds. The van der Waals surface area contributed by atoms with Gasteiger partial charge in [-0.25, -0.2) is 0 Å². The highest BCUT2D eigenvalue weighted by atomic mass is 32.2. The lowest BCUT2D eigenvalue weighted by molar-refractivity contribution is 0.740. The molecule has 1 rings (SSSR count). The summed E-state index contributed by atoms with van der Waals surface area (Å²) >= 11 is 1.86. The molecule has 0 saturated carbocycles. The van der Waals surface area contributed by atoms with E-state index in [9.17, 15) is 0 Å². The zero-order valence-corrected chi connectivity index (χ0v) is 9.26. The number of pyridine rings is 1. The summed E-state index contributed by atoms with van der Waals surface area (Å²) < 4.78 is 0. The Kier molecular flexibility index (Phi) is 5.33. The van der Waals surface area contributed by atoms with Gasteiger partial charge in [-0.15, -0.1) is 18.3 Å². The first kappa shape index (κ1) is 11.3. The van der Waals surface area contributed by atoms with Gasteiger partial charge in [-0.2, -0.15) is 0 Å². The van der Waals surface area contributed by atoms with Crippen LogP contribution >= 0.6 is 11.8 Å². The molecule has 0 bridgehead atoms. The van der Waals surface area contributed by atoms with Gasteiger partial charge in [-0.3, -0.25) is 4.98 Å². The van der Waals surface area contributed by atoms with Gasteiger partial charge >= 0.3 is 0 Å². The fraction of sp³-hybridized carbons (Fsp3) is 0.364. The number of hydrogen-bond donors (Lipinski definition) is 1. The van der Waals surface area contributed by atoms with Gasteiger partial charge in [0.15, 0.2) is 0 Å². The Morgan fingerprint density at radius 2 is 2.29 bits per heavy atom. The van der Waals surface area contributed by atoms with Gasteiger partial charge in [0.2, 0.25) is 0 Å². The minimum Gasteiger partial charge on any atom is -0.312 e. The quantitative estimate of drug-likeness (QED) is 0.441. The lowest BCUT2D eigenvalue weighted by atomic mass is 10.4. The predicted molar refractivity (Wildman–Crippen MR) is 62.6 cm³/mol. The van der Waals surface area contributed by atoms with Gasteiger partial charge in [0.25, 0.3) is 0 Å². The maximum absolute atomic E-state index is 3.99. The van der Waals surface area contributed by atoms with Crippen LogP contribution in [0.1, 0.15) is 6.92 Å². The average Bonchev–Trinajstić information content (AvgIpc) is 2.20. The number of aromatic nitrogens is 1. The van der Waals surface area contributed by atoms with Crippen LogP contribution in [0.5, 0.6) is 0 Å². The molecule has 1 atom stereocenters. The smallest absolute Gasteiger partial charge is 0.0278 e. The van der Waals surface area contributed by atoms with Crippen LogP contribution in [-0.4, -0.2) is 23.3 Å². The van der Waals surface area contributed by atoms with Gasteiger partial charge < -0.3 is 5.32 Å². The first-order chi connectivity index (χ1) is 6.83. The van der Waals surface area contributed by atoms with Gasteiger partial charge in [0.1, 0.15) is 0 Å². The molecule has 0 radical (unpaired) electrons. The van der Waals surface area contributed by atoms with Gasteiger partial charge in [0.05, 0.1) is 0 Å². The van der Waals surface area contributed by atoms with Crippen molar-refractivity contribution in [3.63, 3.8) is 0 Å². The molecule has 0 aromatic carbocycles. The summed E-state index contributed by atoms with van der Waals surface area (Å²) in [4.78, 5) is 5.26. The molecule has 76 valence electrons. The lowest BCUT2D eigenvalue weighted by Gasteiger charge is -2.10. The molecule has 1 aromatic rings. The van der Waals surface area contributed by atoms with Crippen molar-refractivity contribution in [2.75, 3.05) is 13.1 Å². The highest BCUT2D eigenvalue weighted by Gasteiger charge is 2.02. The normalized spacial score (nSPS) is 12.4. The van der Waals surface area contributed by atoms with E-state index in [1.54, 1.807) is 0 Å². The van der Waals surface area contributed by atoms with Crippen molar-refractivity contribution in [2.24, 2.45) is 0 Å². The van der Waals surface area contributed by atoms with E-state index in [1.807, 2.05) is 42.4 Å². The SMILES string of the molecule is C=CCNCC(C)Sc1ccncc1. The summed E-state index contributed by atoms with van der Waals surface area (Å²) in [5.41, 5.74) is 0. The Morgan fingerprint density at radius 1 is 1.57 bits per heavy atom. The van der Waals surface area contributed by atoms with E-state index >= 15 is 0 Å². The minimum atomic E-state index is 0.567. The Morgan fingerprint density at radius 3 is 2.93 bits per heavy atom. The van der Waals surface area contributed by atoms with Crippen molar-refractivity contribution in [3.05, 3.63) is 37.2 Å². The molecule has 0 fully saturated rings. The molecular weight excluding hydrogens is 192 g/mol. The van der Waals surface area contributed by atoms with E-state index in [4.69, 9.17) is 0 Å². The molecule has 3 heteroatoms. The fourth-order valence-electron chi connectivity index (χ4n) is 1.08. The molecule has 2 nitrogen and oxygen atoms in total. The van der Waals surface area contributed by atoms with Crippen LogP contribution in [0.4, 0.5) is 0 Å². The van der Waals surface area contributed by atoms with Crippen molar-refractivity contribution in [3.8, 4) is 0 Å². The van der Waals surface area contributed by atoms with Gasteiger partial charge in [-0.05, 0) is 12.1 Å². The molecule has 0 aliphatic carbocycles. The number of rotatable bonds is 6. The molecule has 1 heterocycles. The zero-order valence-electron chi connectivity index (χ0n) is 8.44. The second-order valence-electron chi connectivity index (χ2n) is 3.06. The molecule has 0 spiro atoms. The third kappa shape index (κ3) is 4.44. The highest BCUT2D eigenvalue weighted by molar-refractivity contribution is 8.00. The second-order valence-corrected chi connectivity index (χ2v) is 4.57. The van der Waals surface area contributed by atoms with E-state index in [2.05, 4.69) is 23.8 Å². The van der Waals surface area contributed by atoms with E-state index in [0.717, 1.165) is 13.1 Å². The van der Waals surface area contributed by atoms with Crippen LogP contribution in [0.2, 0.25) is 0 Å². The zero-order chi connectivity index (χ0) is 10.2. The molecule has 1 N–H and O–H groups in total. The largest absolute Gasteiger partial charge is 0.312 e. The van der Waals surface area contributed by atoms with Crippen LogP contribution in [0.15, 0.2) is 42.1 Å². The highest BCUT2D eigenvalue weighted by Crippen LogP contribution is 2.21. The Labute approximate surface area is 89.8 Å². The minimum absolute atomic E-state index is 0.567. The van der Waals surface area contributed by atoms with Crippen LogP contribution in [0.3, 0.4) is 0 Å². The summed E-state index contributed by atoms with van der Waals surface area (Å²) in [5.74, 6) is 0. The Bertz CT molecular complexity index is 261. The van der Waals surface area contributed by atoms with Crippen molar-refractivity contribution in [2.45, 2.75) is 17.1 Å². The van der Waals surface area contributed by atoms with E-state index in [1.165, 1.54) is 4.90 Å². The van der Waals surface area contributed by atoms with Crippen LogP contribution < -0.4 is 5.32 Å². The summed E-state index contributed by atoms with van der Waals surface area (Å²) in [6, 6.07) is 4.07. The van der Waals surface area contributed by atoms with Gasteiger partial charge in [0, 0.05) is 35.6 Å². The second kappa shape index (κ2) is 6.62. The molecule has 1 aromatic heterocycles.